The molecule has 0 unspecified atom stereocenters. The minimum Gasteiger partial charge on any atom is -0.327 e. The number of hydrogen-bond donors (Lipinski definition) is 1. The van der Waals surface area contributed by atoms with Gasteiger partial charge in [-0.2, -0.15) is 0 Å². The summed E-state index contributed by atoms with van der Waals surface area (Å²) in [4.78, 5) is 0. The van der Waals surface area contributed by atoms with Crippen LogP contribution in [0.15, 0.2) is 36.0 Å². The normalized spacial score (nSPS) is 17.2. The van der Waals surface area contributed by atoms with Gasteiger partial charge >= 0.3 is 0 Å². The molecule has 1 aliphatic carbocycles. The second-order valence-electron chi connectivity index (χ2n) is 2.05. The van der Waals surface area contributed by atoms with Crippen LogP contribution in [0, 0.1) is 0 Å². The zero-order chi connectivity index (χ0) is 6.53. The van der Waals surface area contributed by atoms with Crippen molar-refractivity contribution in [2.45, 2.75) is 6.42 Å². The highest BCUT2D eigenvalue weighted by Crippen LogP contribution is 2.03. The average molecular weight is 121 g/mol. The quantitative estimate of drug-likeness (QED) is 0.557. The first kappa shape index (κ1) is 6.30. The van der Waals surface area contributed by atoms with Crippen LogP contribution in [0.5, 0.6) is 0 Å². The van der Waals surface area contributed by atoms with Crippen molar-refractivity contribution in [1.29, 1.82) is 0 Å². The maximum atomic E-state index is 5.44. The zero-order valence-corrected chi connectivity index (χ0v) is 5.38. The number of rotatable bonds is 1. The first-order chi connectivity index (χ1) is 4.43. The molecule has 0 aromatic carbocycles. The van der Waals surface area contributed by atoms with Gasteiger partial charge in [-0.1, -0.05) is 36.0 Å². The summed E-state index contributed by atoms with van der Waals surface area (Å²) in [7, 11) is 0. The van der Waals surface area contributed by atoms with E-state index in [0.717, 1.165) is 6.42 Å². The second kappa shape index (κ2) is 3.25. The fraction of sp³-hybridized carbons (Fsp3) is 0.250. The Bertz CT molecular complexity index is 163. The molecule has 1 aliphatic rings. The molecular weight excluding hydrogens is 110 g/mol. The summed E-state index contributed by atoms with van der Waals surface area (Å²) in [5.41, 5.74) is 6.73. The lowest BCUT2D eigenvalue weighted by Crippen LogP contribution is -2.01. The summed E-state index contributed by atoms with van der Waals surface area (Å²) in [6.45, 7) is 0.675. The SMILES string of the molecule is NCC1=CC=CC=CC1. The van der Waals surface area contributed by atoms with E-state index in [-0.39, 0.29) is 0 Å². The topological polar surface area (TPSA) is 26.0 Å². The largest absolute Gasteiger partial charge is 0.327 e. The third kappa shape index (κ3) is 1.86. The molecule has 0 radical (unpaired) electrons. The van der Waals surface area contributed by atoms with E-state index in [9.17, 15) is 0 Å². The van der Waals surface area contributed by atoms with Gasteiger partial charge in [0.1, 0.15) is 0 Å². The van der Waals surface area contributed by atoms with Crippen molar-refractivity contribution in [3.05, 3.63) is 36.0 Å². The molecule has 0 spiro atoms. The van der Waals surface area contributed by atoms with Gasteiger partial charge in [0.15, 0.2) is 0 Å². The van der Waals surface area contributed by atoms with Crippen molar-refractivity contribution in [3.8, 4) is 0 Å². The van der Waals surface area contributed by atoms with Crippen LogP contribution in [0.3, 0.4) is 0 Å². The molecule has 1 nitrogen and oxygen atoms in total. The predicted molar refractivity (Wildman–Crippen MR) is 40.0 cm³/mol. The molecule has 0 atom stereocenters. The Balaban J connectivity index is 2.62. The maximum absolute atomic E-state index is 5.44. The van der Waals surface area contributed by atoms with Gasteiger partial charge in [0, 0.05) is 6.54 Å². The zero-order valence-electron chi connectivity index (χ0n) is 5.38. The van der Waals surface area contributed by atoms with Crippen molar-refractivity contribution in [2.75, 3.05) is 6.54 Å². The van der Waals surface area contributed by atoms with Gasteiger partial charge in [-0.25, -0.2) is 0 Å². The molecule has 1 rings (SSSR count). The molecule has 0 aromatic heterocycles. The van der Waals surface area contributed by atoms with E-state index in [1.54, 1.807) is 0 Å². The first-order valence-corrected chi connectivity index (χ1v) is 3.15. The van der Waals surface area contributed by atoms with E-state index >= 15 is 0 Å². The highest BCUT2D eigenvalue weighted by Gasteiger charge is 1.89. The lowest BCUT2D eigenvalue weighted by molar-refractivity contribution is 1.07. The summed E-state index contributed by atoms with van der Waals surface area (Å²) in [5, 5.41) is 0. The first-order valence-electron chi connectivity index (χ1n) is 3.15. The molecule has 9 heavy (non-hydrogen) atoms. The Labute approximate surface area is 55.6 Å². The van der Waals surface area contributed by atoms with Gasteiger partial charge in [-0.3, -0.25) is 0 Å². The van der Waals surface area contributed by atoms with Crippen LogP contribution in [-0.4, -0.2) is 6.54 Å². The van der Waals surface area contributed by atoms with Crippen molar-refractivity contribution in [3.63, 3.8) is 0 Å². The number of allylic oxidation sites excluding steroid dienone is 5. The molecule has 0 bridgehead atoms. The molecule has 2 N–H and O–H groups in total. The van der Waals surface area contributed by atoms with Gasteiger partial charge in [0.05, 0.1) is 0 Å². The van der Waals surface area contributed by atoms with E-state index in [2.05, 4.69) is 12.2 Å². The van der Waals surface area contributed by atoms with Crippen molar-refractivity contribution < 1.29 is 0 Å². The predicted octanol–water partition coefficient (Wildman–Crippen LogP) is 1.39. The Morgan fingerprint density at radius 1 is 1.33 bits per heavy atom. The minimum absolute atomic E-state index is 0.675. The van der Waals surface area contributed by atoms with Crippen LogP contribution >= 0.6 is 0 Å². The maximum Gasteiger partial charge on any atom is 0.0143 e. The third-order valence-electron chi connectivity index (χ3n) is 1.33. The Kier molecular flexibility index (Phi) is 2.28. The van der Waals surface area contributed by atoms with Gasteiger partial charge in [0.2, 0.25) is 0 Å². The summed E-state index contributed by atoms with van der Waals surface area (Å²) in [6.07, 6.45) is 11.3. The van der Waals surface area contributed by atoms with E-state index < -0.39 is 0 Å². The second-order valence-corrected chi connectivity index (χ2v) is 2.05. The Morgan fingerprint density at radius 2 is 2.22 bits per heavy atom. The van der Waals surface area contributed by atoms with Gasteiger partial charge in [-0.05, 0) is 6.42 Å². The van der Waals surface area contributed by atoms with E-state index in [4.69, 9.17) is 5.73 Å². The highest BCUT2D eigenvalue weighted by molar-refractivity contribution is 5.23. The van der Waals surface area contributed by atoms with Crippen LogP contribution in [-0.2, 0) is 0 Å². The molecule has 1 heteroatoms. The van der Waals surface area contributed by atoms with Crippen LogP contribution in [0.1, 0.15) is 6.42 Å². The van der Waals surface area contributed by atoms with Crippen LogP contribution in [0.4, 0.5) is 0 Å². The summed E-state index contributed by atoms with van der Waals surface area (Å²) in [6, 6.07) is 0. The van der Waals surface area contributed by atoms with E-state index in [1.807, 2.05) is 18.2 Å². The van der Waals surface area contributed by atoms with Gasteiger partial charge < -0.3 is 5.73 Å². The smallest absolute Gasteiger partial charge is 0.0143 e. The van der Waals surface area contributed by atoms with Gasteiger partial charge in [-0.15, -0.1) is 0 Å². The lowest BCUT2D eigenvalue weighted by Gasteiger charge is -1.94. The molecule has 0 saturated heterocycles. The fourth-order valence-corrected chi connectivity index (χ4v) is 0.773. The summed E-state index contributed by atoms with van der Waals surface area (Å²) < 4.78 is 0. The average Bonchev–Trinajstić information content (AvgIpc) is 2.13. The summed E-state index contributed by atoms with van der Waals surface area (Å²) >= 11 is 0. The minimum atomic E-state index is 0.675. The van der Waals surface area contributed by atoms with Crippen molar-refractivity contribution in [2.24, 2.45) is 5.73 Å². The number of hydrogen-bond acceptors (Lipinski definition) is 1. The monoisotopic (exact) mass is 121 g/mol. The van der Waals surface area contributed by atoms with E-state index in [1.165, 1.54) is 5.57 Å². The number of nitrogens with two attached hydrogens (primary N) is 1. The van der Waals surface area contributed by atoms with Crippen molar-refractivity contribution >= 4 is 0 Å². The molecule has 0 heterocycles. The van der Waals surface area contributed by atoms with Crippen LogP contribution in [0.25, 0.3) is 0 Å². The molecule has 48 valence electrons. The van der Waals surface area contributed by atoms with E-state index in [0.29, 0.717) is 6.54 Å². The fourth-order valence-electron chi connectivity index (χ4n) is 0.773. The van der Waals surface area contributed by atoms with Crippen molar-refractivity contribution in [1.82, 2.24) is 0 Å². The molecule has 0 aliphatic heterocycles. The van der Waals surface area contributed by atoms with Crippen LogP contribution < -0.4 is 5.73 Å². The van der Waals surface area contributed by atoms with Gasteiger partial charge in [0.25, 0.3) is 0 Å². The van der Waals surface area contributed by atoms with Crippen LogP contribution in [0.2, 0.25) is 0 Å². The molecular formula is C8H11N. The lowest BCUT2D eigenvalue weighted by atomic mass is 10.2. The Morgan fingerprint density at radius 3 is 3.00 bits per heavy atom. The summed E-state index contributed by atoms with van der Waals surface area (Å²) in [5.74, 6) is 0. The Hall–Kier alpha value is -0.820. The molecule has 0 saturated carbocycles. The molecule has 0 amide bonds. The third-order valence-corrected chi connectivity index (χ3v) is 1.33. The molecule has 0 fully saturated rings. The standard InChI is InChI=1S/C8H11N/c9-7-8-5-3-1-2-4-6-8/h1-5H,6-7,9H2. The molecule has 0 aromatic rings. The highest BCUT2D eigenvalue weighted by atomic mass is 14.5.